The molecule has 5 nitrogen and oxygen atoms in total. The fraction of sp³-hybridized carbons (Fsp3) is 0.0476. The van der Waals surface area contributed by atoms with E-state index in [0.29, 0.717) is 26.8 Å². The lowest BCUT2D eigenvalue weighted by atomic mass is 10.0. The number of benzene rings is 3. The fourth-order valence-electron chi connectivity index (χ4n) is 2.64. The highest BCUT2D eigenvalue weighted by Crippen LogP contribution is 2.22. The maximum atomic E-state index is 12.4. The zero-order valence-corrected chi connectivity index (χ0v) is 15.1. The minimum absolute atomic E-state index is 0.00512. The number of amides is 2. The predicted molar refractivity (Wildman–Crippen MR) is 104 cm³/mol. The van der Waals surface area contributed by atoms with E-state index in [4.69, 9.17) is 17.3 Å². The highest BCUT2D eigenvalue weighted by Gasteiger charge is 2.15. The molecule has 3 rings (SSSR count). The summed E-state index contributed by atoms with van der Waals surface area (Å²) in [6, 6.07) is 20.7. The lowest BCUT2D eigenvalue weighted by molar-refractivity contribution is -0.0647. The molecule has 0 saturated heterocycles. The van der Waals surface area contributed by atoms with Crippen LogP contribution in [0.4, 0.5) is 0 Å². The van der Waals surface area contributed by atoms with Gasteiger partial charge in [-0.3, -0.25) is 14.8 Å². The van der Waals surface area contributed by atoms with Crippen molar-refractivity contribution in [3.05, 3.63) is 94.5 Å². The molecule has 6 heteroatoms. The van der Waals surface area contributed by atoms with E-state index in [-0.39, 0.29) is 6.54 Å². The van der Waals surface area contributed by atoms with E-state index in [1.165, 1.54) is 0 Å². The molecule has 0 radical (unpaired) electrons. The van der Waals surface area contributed by atoms with Gasteiger partial charge in [-0.2, -0.15) is 0 Å². The molecule has 0 aliphatic heterocycles. The zero-order chi connectivity index (χ0) is 19.4. The average molecular weight is 381 g/mol. The second-order valence-corrected chi connectivity index (χ2v) is 6.38. The Morgan fingerprint density at radius 1 is 0.852 bits per heavy atom. The van der Waals surface area contributed by atoms with Gasteiger partial charge in [-0.25, -0.2) is 5.06 Å². The molecule has 0 fully saturated rings. The monoisotopic (exact) mass is 380 g/mol. The highest BCUT2D eigenvalue weighted by molar-refractivity contribution is 6.31. The van der Waals surface area contributed by atoms with E-state index < -0.39 is 11.8 Å². The summed E-state index contributed by atoms with van der Waals surface area (Å²) in [5, 5.41) is 11.2. The summed E-state index contributed by atoms with van der Waals surface area (Å²) in [4.78, 5) is 23.5. The van der Waals surface area contributed by atoms with Crippen molar-refractivity contribution in [3.8, 4) is 11.1 Å². The number of carbonyl (C=O) groups excluding carboxylic acids is 2. The van der Waals surface area contributed by atoms with Crippen LogP contribution in [0.1, 0.15) is 26.3 Å². The third-order valence-corrected chi connectivity index (χ3v) is 4.52. The Balaban J connectivity index is 1.73. The fourth-order valence-corrected chi connectivity index (χ4v) is 2.84. The van der Waals surface area contributed by atoms with Crippen molar-refractivity contribution in [1.82, 2.24) is 5.06 Å². The van der Waals surface area contributed by atoms with Gasteiger partial charge >= 0.3 is 0 Å². The number of hydrogen-bond acceptors (Lipinski definition) is 3. The summed E-state index contributed by atoms with van der Waals surface area (Å²) in [7, 11) is 0. The molecule has 0 unspecified atom stereocenters. The van der Waals surface area contributed by atoms with Crippen LogP contribution in [0.15, 0.2) is 72.8 Å². The largest absolute Gasteiger partial charge is 0.366 e. The molecule has 0 bridgehead atoms. The molecule has 2 amide bonds. The third kappa shape index (κ3) is 4.34. The number of primary amides is 1. The molecule has 0 saturated carbocycles. The number of nitrogens with zero attached hydrogens (tertiary/aromatic N) is 1. The quantitative estimate of drug-likeness (QED) is 0.515. The highest BCUT2D eigenvalue weighted by atomic mass is 35.5. The third-order valence-electron chi connectivity index (χ3n) is 4.15. The average Bonchev–Trinajstić information content (AvgIpc) is 2.69. The minimum Gasteiger partial charge on any atom is -0.366 e. The standard InChI is InChI=1S/C21H17ClN2O3/c22-19-4-2-1-3-18(19)13-24(27)21(26)17-11-7-15(8-12-17)14-5-9-16(10-6-14)20(23)25/h1-12,27H,13H2,(H2,23,25). The maximum absolute atomic E-state index is 12.4. The molecule has 3 aromatic rings. The summed E-state index contributed by atoms with van der Waals surface area (Å²) in [6.45, 7) is -0.00512. The van der Waals surface area contributed by atoms with Gasteiger partial charge in [-0.05, 0) is 47.0 Å². The van der Waals surface area contributed by atoms with Crippen molar-refractivity contribution in [2.45, 2.75) is 6.54 Å². The zero-order valence-electron chi connectivity index (χ0n) is 14.3. The van der Waals surface area contributed by atoms with Crippen molar-refractivity contribution in [3.63, 3.8) is 0 Å². The Kier molecular flexibility index (Phi) is 5.54. The maximum Gasteiger partial charge on any atom is 0.277 e. The number of hydrogen-bond donors (Lipinski definition) is 2. The van der Waals surface area contributed by atoms with Crippen LogP contribution in [0.5, 0.6) is 0 Å². The Morgan fingerprint density at radius 3 is 1.89 bits per heavy atom. The van der Waals surface area contributed by atoms with Crippen LogP contribution >= 0.6 is 11.6 Å². The second kappa shape index (κ2) is 8.03. The first-order valence-electron chi connectivity index (χ1n) is 8.20. The van der Waals surface area contributed by atoms with Crippen LogP contribution in [0.2, 0.25) is 5.02 Å². The van der Waals surface area contributed by atoms with E-state index in [9.17, 15) is 14.8 Å². The van der Waals surface area contributed by atoms with Gasteiger partial charge in [-0.1, -0.05) is 54.1 Å². The molecular formula is C21H17ClN2O3. The molecule has 3 aromatic carbocycles. The van der Waals surface area contributed by atoms with E-state index in [2.05, 4.69) is 0 Å². The van der Waals surface area contributed by atoms with Crippen LogP contribution in [0.3, 0.4) is 0 Å². The van der Waals surface area contributed by atoms with Crippen LogP contribution in [-0.4, -0.2) is 22.1 Å². The first-order chi connectivity index (χ1) is 13.0. The molecule has 0 aliphatic carbocycles. The minimum atomic E-state index is -0.523. The Labute approximate surface area is 161 Å². The molecule has 0 heterocycles. The number of halogens is 1. The van der Waals surface area contributed by atoms with E-state index in [1.807, 2.05) is 0 Å². The van der Waals surface area contributed by atoms with Gasteiger partial charge in [0, 0.05) is 16.1 Å². The van der Waals surface area contributed by atoms with Crippen LogP contribution in [0, 0.1) is 0 Å². The number of hydroxylamine groups is 2. The van der Waals surface area contributed by atoms with Gasteiger partial charge in [0.1, 0.15) is 0 Å². The smallest absolute Gasteiger partial charge is 0.277 e. The van der Waals surface area contributed by atoms with E-state index in [0.717, 1.165) is 11.1 Å². The second-order valence-electron chi connectivity index (χ2n) is 5.97. The number of carbonyl (C=O) groups is 2. The van der Waals surface area contributed by atoms with Crippen LogP contribution in [0.25, 0.3) is 11.1 Å². The molecule has 3 N–H and O–H groups in total. The summed E-state index contributed by atoms with van der Waals surface area (Å²) in [6.07, 6.45) is 0. The van der Waals surface area contributed by atoms with Crippen molar-refractivity contribution in [2.24, 2.45) is 5.73 Å². The Bertz CT molecular complexity index is 969. The van der Waals surface area contributed by atoms with Gasteiger partial charge in [0.15, 0.2) is 0 Å². The molecule has 0 aliphatic rings. The van der Waals surface area contributed by atoms with Crippen molar-refractivity contribution in [1.29, 1.82) is 0 Å². The summed E-state index contributed by atoms with van der Waals surface area (Å²) < 4.78 is 0. The lowest BCUT2D eigenvalue weighted by Gasteiger charge is -2.16. The Morgan fingerprint density at radius 2 is 1.37 bits per heavy atom. The number of rotatable bonds is 5. The van der Waals surface area contributed by atoms with Crippen LogP contribution in [-0.2, 0) is 6.54 Å². The molecule has 0 spiro atoms. The topological polar surface area (TPSA) is 83.6 Å². The first-order valence-corrected chi connectivity index (χ1v) is 8.58. The Hall–Kier alpha value is -3.15. The van der Waals surface area contributed by atoms with Crippen molar-refractivity contribution < 1.29 is 14.8 Å². The van der Waals surface area contributed by atoms with Gasteiger partial charge in [-0.15, -0.1) is 0 Å². The predicted octanol–water partition coefficient (Wildman–Crippen LogP) is 4.14. The van der Waals surface area contributed by atoms with Gasteiger partial charge < -0.3 is 5.73 Å². The first kappa shape index (κ1) is 18.6. The van der Waals surface area contributed by atoms with Crippen LogP contribution < -0.4 is 5.73 Å². The van der Waals surface area contributed by atoms with Gasteiger partial charge in [0.05, 0.1) is 6.54 Å². The van der Waals surface area contributed by atoms with E-state index in [1.54, 1.807) is 72.8 Å². The summed E-state index contributed by atoms with van der Waals surface area (Å²) >= 11 is 6.06. The molecule has 0 aromatic heterocycles. The molecular weight excluding hydrogens is 364 g/mol. The lowest BCUT2D eigenvalue weighted by Crippen LogP contribution is -2.27. The summed E-state index contributed by atoms with van der Waals surface area (Å²) in [5.74, 6) is -1.01. The normalized spacial score (nSPS) is 10.4. The van der Waals surface area contributed by atoms with E-state index >= 15 is 0 Å². The summed E-state index contributed by atoms with van der Waals surface area (Å²) in [5.41, 5.74) is 8.43. The van der Waals surface area contributed by atoms with Crippen molar-refractivity contribution >= 4 is 23.4 Å². The molecule has 0 atom stereocenters. The van der Waals surface area contributed by atoms with Gasteiger partial charge in [0.25, 0.3) is 5.91 Å². The molecule has 136 valence electrons. The SMILES string of the molecule is NC(=O)c1ccc(-c2ccc(C(=O)N(O)Cc3ccccc3Cl)cc2)cc1. The van der Waals surface area contributed by atoms with Crippen molar-refractivity contribution in [2.75, 3.05) is 0 Å². The number of nitrogens with two attached hydrogens (primary N) is 1. The molecule has 27 heavy (non-hydrogen) atoms. The van der Waals surface area contributed by atoms with Gasteiger partial charge in [0.2, 0.25) is 5.91 Å².